The Balaban J connectivity index is 3.15. The van der Waals surface area contributed by atoms with Gasteiger partial charge < -0.3 is 10.1 Å². The number of hydrogen-bond acceptors (Lipinski definition) is 5. The third-order valence-electron chi connectivity index (χ3n) is 2.59. The Labute approximate surface area is 116 Å². The van der Waals surface area contributed by atoms with Crippen LogP contribution in [0.2, 0.25) is 0 Å². The number of amides is 1. The van der Waals surface area contributed by atoms with Gasteiger partial charge in [-0.15, -0.1) is 0 Å². The van der Waals surface area contributed by atoms with Gasteiger partial charge in [-0.25, -0.2) is 4.79 Å². The first-order chi connectivity index (χ1) is 9.47. The number of ether oxygens (including phenoxy) is 1. The lowest BCUT2D eigenvalue weighted by Gasteiger charge is -2.20. The summed E-state index contributed by atoms with van der Waals surface area (Å²) in [6.07, 6.45) is 0. The summed E-state index contributed by atoms with van der Waals surface area (Å²) in [5.41, 5.74) is 0.470. The number of carbonyl (C=O) groups excluding carboxylic acids is 2. The Hall–Kier alpha value is -2.44. The molecule has 1 aromatic carbocycles. The van der Waals surface area contributed by atoms with Gasteiger partial charge in [0.2, 0.25) is 5.91 Å². The molecule has 0 radical (unpaired) electrons. The molecule has 1 N–H and O–H groups in total. The minimum absolute atomic E-state index is 0.0325. The van der Waals surface area contributed by atoms with Gasteiger partial charge in [0, 0.05) is 11.8 Å². The number of nitrogens with zero attached hydrogens (tertiary/aromatic N) is 1. The molecule has 0 aliphatic rings. The average Bonchev–Trinajstić information content (AvgIpc) is 2.38. The Morgan fingerprint density at radius 2 is 1.95 bits per heavy atom. The quantitative estimate of drug-likeness (QED) is 0.477. The van der Waals surface area contributed by atoms with Crippen molar-refractivity contribution in [3.05, 3.63) is 46.0 Å². The second-order valence-corrected chi connectivity index (χ2v) is 4.07. The first-order valence-corrected chi connectivity index (χ1v) is 6.09. The van der Waals surface area contributed by atoms with Crippen LogP contribution in [0.5, 0.6) is 0 Å². The number of nitro groups is 1. The van der Waals surface area contributed by atoms with Gasteiger partial charge in [-0.1, -0.05) is 30.3 Å². The zero-order chi connectivity index (χ0) is 15.1. The predicted molar refractivity (Wildman–Crippen MR) is 70.4 cm³/mol. The normalized spacial score (nSPS) is 13.1. The van der Waals surface area contributed by atoms with Gasteiger partial charge in [0.05, 0.1) is 6.61 Å². The number of nitrogens with one attached hydrogen (secondary N) is 1. The van der Waals surface area contributed by atoms with Crippen LogP contribution in [0.1, 0.15) is 25.5 Å². The van der Waals surface area contributed by atoms with Crippen LogP contribution in [0.4, 0.5) is 0 Å². The Morgan fingerprint density at radius 3 is 2.40 bits per heavy atom. The highest BCUT2D eigenvalue weighted by molar-refractivity contribution is 5.78. The van der Waals surface area contributed by atoms with Gasteiger partial charge in [0.25, 0.3) is 0 Å². The number of benzene rings is 1. The molecule has 1 amide bonds. The molecular weight excluding hydrogens is 264 g/mol. The molecule has 0 aliphatic carbocycles. The molecular formula is C13H16N2O5. The fourth-order valence-electron chi connectivity index (χ4n) is 1.80. The van der Waals surface area contributed by atoms with E-state index in [9.17, 15) is 19.7 Å². The van der Waals surface area contributed by atoms with E-state index in [1.807, 2.05) is 0 Å². The molecule has 0 bridgehead atoms. The second kappa shape index (κ2) is 7.22. The largest absolute Gasteiger partial charge is 0.461 e. The summed E-state index contributed by atoms with van der Waals surface area (Å²) in [5.74, 6) is -1.44. The minimum Gasteiger partial charge on any atom is -0.461 e. The van der Waals surface area contributed by atoms with Crippen LogP contribution >= 0.6 is 0 Å². The van der Waals surface area contributed by atoms with Crippen molar-refractivity contribution in [2.75, 3.05) is 6.61 Å². The molecule has 0 saturated heterocycles. The molecule has 7 nitrogen and oxygen atoms in total. The molecule has 0 aromatic heterocycles. The SMILES string of the molecule is CCOC(=O)[C@H]([C@@H](NC(C)=O)c1ccccc1)[N+](=O)[O-]. The van der Waals surface area contributed by atoms with Gasteiger partial charge in [0.15, 0.2) is 0 Å². The Bertz CT molecular complexity index is 489. The van der Waals surface area contributed by atoms with Crippen molar-refractivity contribution in [2.45, 2.75) is 25.9 Å². The lowest BCUT2D eigenvalue weighted by Crippen LogP contribution is -2.45. The third kappa shape index (κ3) is 4.04. The lowest BCUT2D eigenvalue weighted by molar-refractivity contribution is -0.515. The highest BCUT2D eigenvalue weighted by atomic mass is 16.6. The zero-order valence-electron chi connectivity index (χ0n) is 11.2. The molecule has 7 heteroatoms. The summed E-state index contributed by atoms with van der Waals surface area (Å²) < 4.78 is 4.72. The van der Waals surface area contributed by atoms with Crippen LogP contribution < -0.4 is 5.32 Å². The van der Waals surface area contributed by atoms with Crippen LogP contribution in [0, 0.1) is 10.1 Å². The first-order valence-electron chi connectivity index (χ1n) is 6.09. The molecule has 0 fully saturated rings. The van der Waals surface area contributed by atoms with Gasteiger partial charge in [-0.3, -0.25) is 14.9 Å². The van der Waals surface area contributed by atoms with Crippen LogP contribution in [0.15, 0.2) is 30.3 Å². The van der Waals surface area contributed by atoms with E-state index in [0.717, 1.165) is 0 Å². The van der Waals surface area contributed by atoms with Gasteiger partial charge >= 0.3 is 12.0 Å². The van der Waals surface area contributed by atoms with E-state index in [4.69, 9.17) is 4.74 Å². The van der Waals surface area contributed by atoms with Crippen molar-refractivity contribution in [1.29, 1.82) is 0 Å². The summed E-state index contributed by atoms with van der Waals surface area (Å²) in [6, 6.07) is 5.55. The maximum atomic E-state index is 11.8. The molecule has 1 rings (SSSR count). The lowest BCUT2D eigenvalue weighted by atomic mass is 9.99. The first kappa shape index (κ1) is 15.6. The molecule has 0 spiro atoms. The fraction of sp³-hybridized carbons (Fsp3) is 0.385. The summed E-state index contributed by atoms with van der Waals surface area (Å²) in [6.45, 7) is 2.83. The summed E-state index contributed by atoms with van der Waals surface area (Å²) in [5, 5.41) is 13.6. The number of carbonyl (C=O) groups is 2. The highest BCUT2D eigenvalue weighted by Gasteiger charge is 2.41. The zero-order valence-corrected chi connectivity index (χ0v) is 11.2. The molecule has 108 valence electrons. The Kier molecular flexibility index (Phi) is 5.64. The molecule has 0 saturated carbocycles. The topological polar surface area (TPSA) is 98.5 Å². The van der Waals surface area contributed by atoms with Crippen LogP contribution in [-0.2, 0) is 14.3 Å². The molecule has 0 unspecified atom stereocenters. The molecule has 0 heterocycles. The van der Waals surface area contributed by atoms with E-state index < -0.39 is 28.9 Å². The van der Waals surface area contributed by atoms with Crippen molar-refractivity contribution in [2.24, 2.45) is 0 Å². The van der Waals surface area contributed by atoms with E-state index in [1.165, 1.54) is 6.92 Å². The van der Waals surface area contributed by atoms with E-state index in [-0.39, 0.29) is 6.61 Å². The van der Waals surface area contributed by atoms with Gasteiger partial charge in [-0.05, 0) is 12.5 Å². The maximum absolute atomic E-state index is 11.8. The summed E-state index contributed by atoms with van der Waals surface area (Å²) in [4.78, 5) is 33.4. The summed E-state index contributed by atoms with van der Waals surface area (Å²) >= 11 is 0. The van der Waals surface area contributed by atoms with E-state index in [0.29, 0.717) is 5.56 Å². The van der Waals surface area contributed by atoms with E-state index >= 15 is 0 Å². The highest BCUT2D eigenvalue weighted by Crippen LogP contribution is 2.20. The average molecular weight is 280 g/mol. The smallest absolute Gasteiger partial charge is 0.384 e. The summed E-state index contributed by atoms with van der Waals surface area (Å²) in [7, 11) is 0. The van der Waals surface area contributed by atoms with E-state index in [1.54, 1.807) is 37.3 Å². The minimum atomic E-state index is -1.68. The van der Waals surface area contributed by atoms with Crippen molar-refractivity contribution in [3.8, 4) is 0 Å². The Morgan fingerprint density at radius 1 is 1.35 bits per heavy atom. The van der Waals surface area contributed by atoms with Crippen molar-refractivity contribution < 1.29 is 19.2 Å². The van der Waals surface area contributed by atoms with Gasteiger partial charge in [-0.2, -0.15) is 0 Å². The second-order valence-electron chi connectivity index (χ2n) is 4.07. The molecule has 1 aromatic rings. The predicted octanol–water partition coefficient (Wildman–Crippen LogP) is 1.07. The number of rotatable bonds is 6. The maximum Gasteiger partial charge on any atom is 0.384 e. The number of esters is 1. The van der Waals surface area contributed by atoms with Crippen LogP contribution in [0.25, 0.3) is 0 Å². The van der Waals surface area contributed by atoms with E-state index in [2.05, 4.69) is 5.32 Å². The third-order valence-corrected chi connectivity index (χ3v) is 2.59. The molecule has 2 atom stereocenters. The molecule has 20 heavy (non-hydrogen) atoms. The van der Waals surface area contributed by atoms with Crippen molar-refractivity contribution in [3.63, 3.8) is 0 Å². The van der Waals surface area contributed by atoms with Gasteiger partial charge in [0.1, 0.15) is 6.04 Å². The van der Waals surface area contributed by atoms with Crippen molar-refractivity contribution >= 4 is 11.9 Å². The monoisotopic (exact) mass is 280 g/mol. The fourth-order valence-corrected chi connectivity index (χ4v) is 1.80. The van der Waals surface area contributed by atoms with Crippen LogP contribution in [-0.4, -0.2) is 29.4 Å². The van der Waals surface area contributed by atoms with Crippen LogP contribution in [0.3, 0.4) is 0 Å². The number of hydrogen-bond donors (Lipinski definition) is 1. The standard InChI is InChI=1S/C13H16N2O5/c1-3-20-13(17)12(15(18)19)11(14-9(2)16)10-7-5-4-6-8-10/h4-8,11-12H,3H2,1-2H3,(H,14,16)/t11-,12-/m0/s1. The molecule has 0 aliphatic heterocycles. The van der Waals surface area contributed by atoms with Crippen molar-refractivity contribution in [1.82, 2.24) is 5.32 Å².